The molecular formula is C24H20N6O4S2. The molecule has 0 bridgehead atoms. The quantitative estimate of drug-likeness (QED) is 0.218. The maximum atomic E-state index is 13.5. The van der Waals surface area contributed by atoms with Crippen LogP contribution in [0, 0.1) is 17.0 Å². The van der Waals surface area contributed by atoms with Crippen LogP contribution in [0.25, 0.3) is 15.5 Å². The SMILES string of the molecule is Cc1ccc(N(CCc2nnc3sc(-c4ccc([N+](=O)[O-])cc4)nn23)S(=O)(=O)c2ccccc2)cc1. The summed E-state index contributed by atoms with van der Waals surface area (Å²) < 4.78 is 30.0. The summed E-state index contributed by atoms with van der Waals surface area (Å²) in [6.07, 6.45) is 0.268. The lowest BCUT2D eigenvalue weighted by molar-refractivity contribution is -0.384. The summed E-state index contributed by atoms with van der Waals surface area (Å²) in [5.74, 6) is 0.509. The molecule has 0 amide bonds. The number of nitrogens with zero attached hydrogens (tertiary/aromatic N) is 6. The largest absolute Gasteiger partial charge is 0.269 e. The van der Waals surface area contributed by atoms with Gasteiger partial charge >= 0.3 is 0 Å². The van der Waals surface area contributed by atoms with Crippen molar-refractivity contribution in [2.24, 2.45) is 0 Å². The number of aryl methyl sites for hydroxylation is 1. The molecule has 182 valence electrons. The molecule has 12 heteroatoms. The average Bonchev–Trinajstić information content (AvgIpc) is 3.47. The summed E-state index contributed by atoms with van der Waals surface area (Å²) in [6, 6.07) is 21.7. The van der Waals surface area contributed by atoms with E-state index in [1.54, 1.807) is 59.1 Å². The number of non-ortho nitro benzene ring substituents is 1. The minimum absolute atomic E-state index is 0.00161. The van der Waals surface area contributed by atoms with Gasteiger partial charge in [0, 0.05) is 30.7 Å². The van der Waals surface area contributed by atoms with E-state index < -0.39 is 14.9 Å². The number of hydrogen-bond donors (Lipinski definition) is 0. The molecule has 0 aliphatic rings. The van der Waals surface area contributed by atoms with Crippen LogP contribution in [-0.4, -0.2) is 39.7 Å². The Balaban J connectivity index is 1.44. The molecule has 0 fully saturated rings. The van der Waals surface area contributed by atoms with Crippen molar-refractivity contribution in [1.82, 2.24) is 19.8 Å². The lowest BCUT2D eigenvalue weighted by Gasteiger charge is -2.24. The highest BCUT2D eigenvalue weighted by atomic mass is 32.2. The first-order valence-corrected chi connectivity index (χ1v) is 13.2. The number of sulfonamides is 1. The van der Waals surface area contributed by atoms with Crippen LogP contribution < -0.4 is 4.31 Å². The molecule has 5 aromatic rings. The number of benzene rings is 3. The number of nitro benzene ring substituents is 1. The number of hydrogen-bond acceptors (Lipinski definition) is 8. The molecule has 0 atom stereocenters. The van der Waals surface area contributed by atoms with E-state index in [1.165, 1.54) is 27.8 Å². The Bertz CT molecular complexity index is 1630. The second-order valence-electron chi connectivity index (χ2n) is 8.00. The van der Waals surface area contributed by atoms with Gasteiger partial charge in [-0.05, 0) is 43.3 Å². The maximum absolute atomic E-state index is 13.5. The molecule has 0 aliphatic carbocycles. The van der Waals surface area contributed by atoms with Gasteiger partial charge in [-0.15, -0.1) is 10.2 Å². The fourth-order valence-electron chi connectivity index (χ4n) is 3.68. The fraction of sp³-hybridized carbons (Fsp3) is 0.125. The second kappa shape index (κ2) is 9.47. The molecule has 2 aromatic heterocycles. The Labute approximate surface area is 210 Å². The number of rotatable bonds is 8. The van der Waals surface area contributed by atoms with Crippen molar-refractivity contribution in [3.05, 3.63) is 100 Å². The Morgan fingerprint density at radius 3 is 2.33 bits per heavy atom. The minimum Gasteiger partial charge on any atom is -0.266 e. The molecule has 36 heavy (non-hydrogen) atoms. The van der Waals surface area contributed by atoms with Crippen molar-refractivity contribution in [3.8, 4) is 10.6 Å². The topological polar surface area (TPSA) is 124 Å². The molecule has 3 aromatic carbocycles. The highest BCUT2D eigenvalue weighted by Gasteiger charge is 2.26. The van der Waals surface area contributed by atoms with E-state index in [1.807, 2.05) is 19.1 Å². The van der Waals surface area contributed by atoms with Gasteiger partial charge in [-0.25, -0.2) is 8.42 Å². The molecule has 2 heterocycles. The second-order valence-corrected chi connectivity index (χ2v) is 10.8. The molecule has 0 N–H and O–H groups in total. The van der Waals surface area contributed by atoms with Gasteiger partial charge in [0.1, 0.15) is 5.01 Å². The standard InChI is InChI=1S/C24H20N6O4S2/c1-17-7-11-19(12-8-17)28(36(33,34)21-5-3-2-4-6-21)16-15-22-25-26-24-29(22)27-23(35-24)18-9-13-20(14-10-18)30(31)32/h2-14H,15-16H2,1H3. The normalized spacial score (nSPS) is 11.6. The van der Waals surface area contributed by atoms with Crippen LogP contribution in [0.2, 0.25) is 0 Å². The summed E-state index contributed by atoms with van der Waals surface area (Å²) in [7, 11) is -3.82. The maximum Gasteiger partial charge on any atom is 0.269 e. The van der Waals surface area contributed by atoms with E-state index in [0.29, 0.717) is 21.5 Å². The van der Waals surface area contributed by atoms with Crippen LogP contribution in [0.4, 0.5) is 11.4 Å². The van der Waals surface area contributed by atoms with Gasteiger partial charge in [0.25, 0.3) is 15.7 Å². The first-order valence-electron chi connectivity index (χ1n) is 10.9. The molecule has 0 aliphatic heterocycles. The van der Waals surface area contributed by atoms with Gasteiger partial charge in [-0.3, -0.25) is 14.4 Å². The van der Waals surface area contributed by atoms with Crippen LogP contribution in [0.3, 0.4) is 0 Å². The van der Waals surface area contributed by atoms with Crippen molar-refractivity contribution in [3.63, 3.8) is 0 Å². The molecule has 0 saturated carbocycles. The number of nitro groups is 1. The molecule has 0 unspecified atom stereocenters. The first-order chi connectivity index (χ1) is 17.3. The van der Waals surface area contributed by atoms with Crippen molar-refractivity contribution in [2.75, 3.05) is 10.8 Å². The van der Waals surface area contributed by atoms with Crippen LogP contribution in [0.5, 0.6) is 0 Å². The van der Waals surface area contributed by atoms with E-state index in [4.69, 9.17) is 0 Å². The van der Waals surface area contributed by atoms with Gasteiger partial charge in [-0.2, -0.15) is 9.61 Å². The smallest absolute Gasteiger partial charge is 0.266 e. The van der Waals surface area contributed by atoms with Gasteiger partial charge in [0.05, 0.1) is 15.5 Å². The molecule has 10 nitrogen and oxygen atoms in total. The van der Waals surface area contributed by atoms with E-state index in [9.17, 15) is 18.5 Å². The lowest BCUT2D eigenvalue weighted by Crippen LogP contribution is -2.33. The average molecular weight is 521 g/mol. The van der Waals surface area contributed by atoms with E-state index in [0.717, 1.165) is 11.1 Å². The number of aromatic nitrogens is 4. The number of anilines is 1. The van der Waals surface area contributed by atoms with Gasteiger partial charge < -0.3 is 0 Å². The monoisotopic (exact) mass is 520 g/mol. The zero-order valence-corrected chi connectivity index (χ0v) is 20.7. The third-order valence-corrected chi connectivity index (χ3v) is 8.36. The molecule has 0 radical (unpaired) electrons. The van der Waals surface area contributed by atoms with Gasteiger partial charge in [0.2, 0.25) is 4.96 Å². The van der Waals surface area contributed by atoms with Crippen LogP contribution in [0.1, 0.15) is 11.4 Å². The summed E-state index contributed by atoms with van der Waals surface area (Å²) in [4.78, 5) is 11.2. The van der Waals surface area contributed by atoms with Crippen LogP contribution >= 0.6 is 11.3 Å². The van der Waals surface area contributed by atoms with Crippen molar-refractivity contribution < 1.29 is 13.3 Å². The molecule has 0 spiro atoms. The first kappa shape index (κ1) is 23.6. The lowest BCUT2D eigenvalue weighted by atomic mass is 10.2. The Morgan fingerprint density at radius 2 is 1.67 bits per heavy atom. The van der Waals surface area contributed by atoms with Gasteiger partial charge in [0.15, 0.2) is 5.82 Å². The summed E-state index contributed by atoms with van der Waals surface area (Å²) in [5.41, 5.74) is 2.29. The highest BCUT2D eigenvalue weighted by molar-refractivity contribution is 7.92. The molecule has 0 saturated heterocycles. The zero-order valence-electron chi connectivity index (χ0n) is 19.1. The highest BCUT2D eigenvalue weighted by Crippen LogP contribution is 2.28. The fourth-order valence-corrected chi connectivity index (χ4v) is 6.03. The van der Waals surface area contributed by atoms with Crippen molar-refractivity contribution >= 4 is 37.7 Å². The van der Waals surface area contributed by atoms with E-state index >= 15 is 0 Å². The third kappa shape index (κ3) is 4.55. The van der Waals surface area contributed by atoms with Crippen LogP contribution in [0.15, 0.2) is 83.8 Å². The van der Waals surface area contributed by atoms with Gasteiger partial charge in [-0.1, -0.05) is 47.2 Å². The molecule has 5 rings (SSSR count). The summed E-state index contributed by atoms with van der Waals surface area (Å²) in [5, 5.41) is 24.5. The Hall–Kier alpha value is -4.16. The Kier molecular flexibility index (Phi) is 6.20. The summed E-state index contributed by atoms with van der Waals surface area (Å²) >= 11 is 1.30. The summed E-state index contributed by atoms with van der Waals surface area (Å²) in [6.45, 7) is 2.07. The van der Waals surface area contributed by atoms with E-state index in [-0.39, 0.29) is 23.5 Å². The third-order valence-electron chi connectivity index (χ3n) is 5.57. The Morgan fingerprint density at radius 1 is 0.972 bits per heavy atom. The molecular weight excluding hydrogens is 500 g/mol. The van der Waals surface area contributed by atoms with Crippen molar-refractivity contribution in [1.29, 1.82) is 0 Å². The zero-order chi connectivity index (χ0) is 25.3. The van der Waals surface area contributed by atoms with Crippen molar-refractivity contribution in [2.45, 2.75) is 18.2 Å². The predicted molar refractivity (Wildman–Crippen MR) is 137 cm³/mol. The predicted octanol–water partition coefficient (Wildman–Crippen LogP) is 4.51. The van der Waals surface area contributed by atoms with Crippen LogP contribution in [-0.2, 0) is 16.4 Å². The van der Waals surface area contributed by atoms with E-state index in [2.05, 4.69) is 15.3 Å². The minimum atomic E-state index is -3.82. The number of fused-ring (bicyclic) bond motifs is 1.